The molecule has 0 fully saturated rings. The number of hydrogen-bond donors (Lipinski definition) is 1. The lowest BCUT2D eigenvalue weighted by atomic mass is 10.1. The Morgan fingerprint density at radius 1 is 1.21 bits per heavy atom. The number of fused-ring (bicyclic) bond motifs is 1. The van der Waals surface area contributed by atoms with Crippen LogP contribution in [0.15, 0.2) is 12.1 Å². The van der Waals surface area contributed by atoms with Gasteiger partial charge in [0.05, 0.1) is 32.8 Å². The number of pyridine rings is 1. The van der Waals surface area contributed by atoms with Crippen molar-refractivity contribution in [2.24, 2.45) is 0 Å². The highest BCUT2D eigenvalue weighted by molar-refractivity contribution is 7.84. The van der Waals surface area contributed by atoms with E-state index in [1.807, 2.05) is 0 Å². The van der Waals surface area contributed by atoms with Gasteiger partial charge in [-0.05, 0) is 66.5 Å². The summed E-state index contributed by atoms with van der Waals surface area (Å²) in [4.78, 5) is 18.0. The Hall–Kier alpha value is -1.68. The van der Waals surface area contributed by atoms with E-state index in [2.05, 4.69) is 9.71 Å². The van der Waals surface area contributed by atoms with Crippen LogP contribution in [0.3, 0.4) is 0 Å². The number of nitrogens with one attached hydrogen (secondary N) is 1. The van der Waals surface area contributed by atoms with Gasteiger partial charge in [-0.2, -0.15) is 13.2 Å². The highest BCUT2D eigenvalue weighted by atomic mass is 32.2. The van der Waals surface area contributed by atoms with Crippen molar-refractivity contribution in [3.05, 3.63) is 23.5 Å². The van der Waals surface area contributed by atoms with E-state index in [4.69, 9.17) is 4.74 Å². The summed E-state index contributed by atoms with van der Waals surface area (Å²) in [5, 5.41) is 0. The number of carbonyl (C=O) groups is 1. The van der Waals surface area contributed by atoms with Gasteiger partial charge in [0.15, 0.2) is 6.04 Å². The van der Waals surface area contributed by atoms with Crippen LogP contribution in [0.25, 0.3) is 0 Å². The molecule has 0 radical (unpaired) electrons. The van der Waals surface area contributed by atoms with E-state index in [1.165, 1.54) is 17.0 Å². The first kappa shape index (κ1) is 23.6. The molecule has 1 N–H and O–H groups in total. The van der Waals surface area contributed by atoms with Crippen molar-refractivity contribution in [3.8, 4) is 0 Å². The number of nitrogens with zero attached hydrogens (tertiary/aromatic N) is 2. The molecule has 0 aromatic carbocycles. The standard InChI is InChI=1S/C19H28F3N3O3S/c1-17(2,3)28-16(26)25-11-7-8-12-14(25)10-9-13(23-12)15(19(20,21)22)24-29(27)18(4,5)6/h9-10,15,24H,7-8,11H2,1-6H3/t15-,29?/m0/s1. The second kappa shape index (κ2) is 8.22. The van der Waals surface area contributed by atoms with Crippen molar-refractivity contribution in [3.63, 3.8) is 0 Å². The smallest absolute Gasteiger partial charge is 0.414 e. The number of alkyl halides is 3. The van der Waals surface area contributed by atoms with Crippen molar-refractivity contribution < 1.29 is 26.9 Å². The Bertz CT molecular complexity index is 786. The lowest BCUT2D eigenvalue weighted by Gasteiger charge is -2.32. The average Bonchev–Trinajstić information content (AvgIpc) is 2.54. The van der Waals surface area contributed by atoms with E-state index in [0.717, 1.165) is 0 Å². The van der Waals surface area contributed by atoms with Crippen LogP contribution < -0.4 is 9.62 Å². The molecule has 10 heteroatoms. The van der Waals surface area contributed by atoms with Gasteiger partial charge in [-0.25, -0.2) is 13.7 Å². The fourth-order valence-electron chi connectivity index (χ4n) is 2.71. The average molecular weight is 436 g/mol. The summed E-state index contributed by atoms with van der Waals surface area (Å²) < 4.78 is 59.9. The molecule has 29 heavy (non-hydrogen) atoms. The molecule has 0 saturated carbocycles. The van der Waals surface area contributed by atoms with E-state index in [0.29, 0.717) is 30.8 Å². The first-order chi connectivity index (χ1) is 13.1. The minimum absolute atomic E-state index is 0.278. The zero-order valence-corrected chi connectivity index (χ0v) is 18.3. The van der Waals surface area contributed by atoms with Gasteiger partial charge in [-0.15, -0.1) is 0 Å². The quantitative estimate of drug-likeness (QED) is 0.763. The van der Waals surface area contributed by atoms with Gasteiger partial charge in [0.1, 0.15) is 5.60 Å². The Balaban J connectivity index is 2.36. The van der Waals surface area contributed by atoms with Crippen molar-refractivity contribution in [2.75, 3.05) is 11.4 Å². The van der Waals surface area contributed by atoms with Gasteiger partial charge in [0.2, 0.25) is 0 Å². The summed E-state index contributed by atoms with van der Waals surface area (Å²) in [6.07, 6.45) is -4.25. The zero-order valence-electron chi connectivity index (χ0n) is 17.5. The van der Waals surface area contributed by atoms with Crippen molar-refractivity contribution >= 4 is 22.8 Å². The van der Waals surface area contributed by atoms with Crippen molar-refractivity contribution in [1.29, 1.82) is 0 Å². The molecule has 1 amide bonds. The predicted octanol–water partition coefficient (Wildman–Crippen LogP) is 4.42. The van der Waals surface area contributed by atoms with Crippen molar-refractivity contribution in [1.82, 2.24) is 9.71 Å². The molecule has 0 aliphatic carbocycles. The van der Waals surface area contributed by atoms with Gasteiger partial charge >= 0.3 is 12.3 Å². The fraction of sp³-hybridized carbons (Fsp3) is 0.684. The third kappa shape index (κ3) is 6.15. The highest BCUT2D eigenvalue weighted by Crippen LogP contribution is 2.35. The van der Waals surface area contributed by atoms with Gasteiger partial charge < -0.3 is 4.74 Å². The first-order valence-corrected chi connectivity index (χ1v) is 10.5. The monoisotopic (exact) mass is 435 g/mol. The van der Waals surface area contributed by atoms with E-state index < -0.39 is 39.6 Å². The summed E-state index contributed by atoms with van der Waals surface area (Å²) in [6.45, 7) is 10.4. The van der Waals surface area contributed by atoms with Crippen LogP contribution in [0, 0.1) is 0 Å². The summed E-state index contributed by atoms with van der Waals surface area (Å²) in [6, 6.07) is 0.484. The minimum Gasteiger partial charge on any atom is -0.443 e. The molecule has 1 unspecified atom stereocenters. The van der Waals surface area contributed by atoms with Crippen LogP contribution in [-0.4, -0.2) is 38.4 Å². The number of aryl methyl sites for hydroxylation is 1. The maximum atomic E-state index is 13.7. The Labute approximate surface area is 171 Å². The fourth-order valence-corrected chi connectivity index (χ4v) is 3.53. The van der Waals surface area contributed by atoms with Gasteiger partial charge in [0, 0.05) is 6.54 Å². The largest absolute Gasteiger partial charge is 0.443 e. The second-order valence-electron chi connectivity index (χ2n) is 8.91. The number of ether oxygens (including phenoxy) is 1. The number of hydrogen-bond acceptors (Lipinski definition) is 4. The summed E-state index contributed by atoms with van der Waals surface area (Å²) >= 11 is 0. The van der Waals surface area contributed by atoms with Crippen LogP contribution in [0.2, 0.25) is 0 Å². The molecule has 2 heterocycles. The molecule has 0 spiro atoms. The van der Waals surface area contributed by atoms with E-state index in [9.17, 15) is 22.2 Å². The van der Waals surface area contributed by atoms with Gasteiger partial charge in [-0.1, -0.05) is 0 Å². The number of rotatable bonds is 3. The number of halogens is 3. The molecule has 2 atom stereocenters. The molecule has 6 nitrogen and oxygen atoms in total. The van der Waals surface area contributed by atoms with Crippen LogP contribution in [0.1, 0.15) is 65.4 Å². The second-order valence-corrected chi connectivity index (χ2v) is 10.9. The molecule has 1 aliphatic rings. The molecular weight excluding hydrogens is 407 g/mol. The Morgan fingerprint density at radius 3 is 2.34 bits per heavy atom. The highest BCUT2D eigenvalue weighted by Gasteiger charge is 2.44. The lowest BCUT2D eigenvalue weighted by Crippen LogP contribution is -2.42. The SMILES string of the molecule is CC(C)(C)OC(=O)N1CCCc2nc([C@H](NS(=O)C(C)(C)C)C(F)(F)F)ccc21. The molecule has 1 aliphatic heterocycles. The molecule has 164 valence electrons. The van der Waals surface area contributed by atoms with Crippen LogP contribution in [0.4, 0.5) is 23.7 Å². The van der Waals surface area contributed by atoms with E-state index in [-0.39, 0.29) is 5.69 Å². The Kier molecular flexibility index (Phi) is 6.69. The van der Waals surface area contributed by atoms with E-state index >= 15 is 0 Å². The molecule has 2 rings (SSSR count). The summed E-state index contributed by atoms with van der Waals surface area (Å²) in [5.74, 6) is 0. The third-order valence-electron chi connectivity index (χ3n) is 4.08. The summed E-state index contributed by atoms with van der Waals surface area (Å²) in [7, 11) is -1.94. The minimum atomic E-state index is -4.68. The molecule has 1 aromatic rings. The zero-order chi connectivity index (χ0) is 22.2. The maximum Gasteiger partial charge on any atom is 0.414 e. The van der Waals surface area contributed by atoms with Gasteiger partial charge in [-0.3, -0.25) is 9.88 Å². The lowest BCUT2D eigenvalue weighted by molar-refractivity contribution is -0.153. The molecule has 0 saturated heterocycles. The first-order valence-electron chi connectivity index (χ1n) is 9.35. The number of aromatic nitrogens is 1. The maximum absolute atomic E-state index is 13.7. The Morgan fingerprint density at radius 2 is 1.83 bits per heavy atom. The number of carbonyl (C=O) groups excluding carboxylic acids is 1. The van der Waals surface area contributed by atoms with E-state index in [1.54, 1.807) is 41.5 Å². The summed E-state index contributed by atoms with van der Waals surface area (Å²) in [5.41, 5.74) is -0.145. The number of amides is 1. The normalized spacial score (nSPS) is 17.5. The molecule has 1 aromatic heterocycles. The molecule has 0 bridgehead atoms. The van der Waals surface area contributed by atoms with Crippen LogP contribution >= 0.6 is 0 Å². The predicted molar refractivity (Wildman–Crippen MR) is 106 cm³/mol. The van der Waals surface area contributed by atoms with Crippen LogP contribution in [0.5, 0.6) is 0 Å². The molecular formula is C19H28F3N3O3S. The van der Waals surface area contributed by atoms with Crippen molar-refractivity contribution in [2.45, 2.75) is 77.0 Å². The van der Waals surface area contributed by atoms with Crippen LogP contribution in [-0.2, 0) is 22.1 Å². The van der Waals surface area contributed by atoms with Gasteiger partial charge in [0.25, 0.3) is 0 Å². The third-order valence-corrected chi connectivity index (χ3v) is 5.64. The topological polar surface area (TPSA) is 71.5 Å². The number of anilines is 1.